The van der Waals surface area contributed by atoms with Gasteiger partial charge in [0.15, 0.2) is 10.8 Å². The Balaban J connectivity index is 0.00000363. The van der Waals surface area contributed by atoms with E-state index in [4.69, 9.17) is 16.7 Å². The smallest absolute Gasteiger partial charge is 0.549 e. The third kappa shape index (κ3) is 5.17. The zero-order valence-corrected chi connectivity index (χ0v) is 20.4. The van der Waals surface area contributed by atoms with Crippen LogP contribution in [0.4, 0.5) is 9.93 Å². The summed E-state index contributed by atoms with van der Waals surface area (Å²) >= 11 is 2.18. The third-order valence-electron chi connectivity index (χ3n) is 4.64. The second-order valence-corrected chi connectivity index (χ2v) is 8.61. The second-order valence-electron chi connectivity index (χ2n) is 6.61. The van der Waals surface area contributed by atoms with Gasteiger partial charge in [-0.15, -0.1) is 23.1 Å². The van der Waals surface area contributed by atoms with Gasteiger partial charge in [0, 0.05) is 17.7 Å². The van der Waals surface area contributed by atoms with E-state index in [0.717, 1.165) is 23.1 Å². The van der Waals surface area contributed by atoms with E-state index in [0.29, 0.717) is 0 Å². The van der Waals surface area contributed by atoms with Gasteiger partial charge in [0.2, 0.25) is 5.91 Å². The fourth-order valence-electron chi connectivity index (χ4n) is 3.11. The number of hydrogen-bond acceptors (Lipinski definition) is 12. The Hall–Kier alpha value is -2.33. The van der Waals surface area contributed by atoms with Crippen molar-refractivity contribution in [3.05, 3.63) is 23.2 Å². The third-order valence-corrected chi connectivity index (χ3v) is 6.86. The number of amides is 3. The molecule has 3 rings (SSSR count). The van der Waals surface area contributed by atoms with Crippen molar-refractivity contribution in [2.75, 3.05) is 24.6 Å². The minimum absolute atomic E-state index is 0. The van der Waals surface area contributed by atoms with Crippen LogP contribution in [0.3, 0.4) is 0 Å². The van der Waals surface area contributed by atoms with Crippen LogP contribution in [0.5, 0.6) is 0 Å². The number of rotatable bonds is 7. The number of thiazole rings is 1. The van der Waals surface area contributed by atoms with Gasteiger partial charge in [-0.05, 0) is 0 Å². The number of aromatic nitrogens is 1. The SMILES string of the molecule is NC(=O)OCC=CC1(C(=O)[O-])CS[C@@H]2C(NC(=O)C(=NO)c3csc(N)n3)C(=O)N2C1.[Na+]. The fraction of sp³-hybridized carbons (Fsp3) is 0.375. The van der Waals surface area contributed by atoms with Gasteiger partial charge in [0.25, 0.3) is 5.91 Å². The van der Waals surface area contributed by atoms with Crippen LogP contribution in [0.1, 0.15) is 5.69 Å². The number of ether oxygens (including phenoxy) is 1. The minimum atomic E-state index is -1.50. The molecule has 1 aromatic heterocycles. The van der Waals surface area contributed by atoms with Crippen molar-refractivity contribution >= 4 is 57.8 Å². The molecule has 16 heteroatoms. The summed E-state index contributed by atoms with van der Waals surface area (Å²) in [5.41, 5.74) is 8.52. The van der Waals surface area contributed by atoms with E-state index in [1.54, 1.807) is 0 Å². The molecule has 13 nitrogen and oxygen atoms in total. The molecule has 32 heavy (non-hydrogen) atoms. The largest absolute Gasteiger partial charge is 1.00 e. The second kappa shape index (κ2) is 10.5. The van der Waals surface area contributed by atoms with Gasteiger partial charge >= 0.3 is 35.7 Å². The van der Waals surface area contributed by atoms with E-state index in [-0.39, 0.29) is 59.3 Å². The average molecular weight is 492 g/mol. The van der Waals surface area contributed by atoms with E-state index >= 15 is 0 Å². The van der Waals surface area contributed by atoms with Crippen molar-refractivity contribution in [1.82, 2.24) is 15.2 Å². The van der Waals surface area contributed by atoms with Crippen LogP contribution < -0.4 is 51.4 Å². The molecule has 0 aromatic carbocycles. The number of oxime groups is 1. The number of primary amides is 1. The molecule has 3 amide bonds. The monoisotopic (exact) mass is 492 g/mol. The van der Waals surface area contributed by atoms with Gasteiger partial charge in [0.1, 0.15) is 23.7 Å². The first-order valence-corrected chi connectivity index (χ1v) is 10.6. The first-order chi connectivity index (χ1) is 14.7. The molecule has 0 aliphatic carbocycles. The molecule has 0 radical (unpaired) electrons. The van der Waals surface area contributed by atoms with Gasteiger partial charge in [0.05, 0.1) is 11.4 Å². The molecule has 1 aromatic rings. The number of carbonyl (C=O) groups excluding carboxylic acids is 4. The van der Waals surface area contributed by atoms with Gasteiger partial charge in [-0.1, -0.05) is 17.3 Å². The van der Waals surface area contributed by atoms with E-state index in [9.17, 15) is 24.3 Å². The molecule has 2 aliphatic heterocycles. The number of β-lactam (4-membered cyclic amide) rings is 1. The summed E-state index contributed by atoms with van der Waals surface area (Å²) in [5.74, 6) is -2.68. The maximum atomic E-state index is 12.6. The van der Waals surface area contributed by atoms with Crippen LogP contribution in [0.2, 0.25) is 0 Å². The zero-order chi connectivity index (χ0) is 22.8. The standard InChI is InChI=1S/C16H18N6O7S2.Na/c17-14-19-7(4-30-14)8(21-28)10(23)20-9-11(24)22-5-16(13(25)26,6-31-12(9)22)2-1-3-29-15(18)27;/h1-2,4,9,12,28H,3,5-6H2,(H2,17,19)(H2,18,27)(H,20,23)(H,25,26);/q;+1/p-1/t9?,12-,16?;/m1./s1. The average Bonchev–Trinajstić information content (AvgIpc) is 3.15. The number of nitrogens with one attached hydrogen (secondary N) is 1. The van der Waals surface area contributed by atoms with Crippen LogP contribution in [0.25, 0.3) is 0 Å². The predicted molar refractivity (Wildman–Crippen MR) is 107 cm³/mol. The van der Waals surface area contributed by atoms with Crippen molar-refractivity contribution in [2.45, 2.75) is 11.4 Å². The van der Waals surface area contributed by atoms with E-state index < -0.39 is 46.4 Å². The number of carbonyl (C=O) groups is 4. The van der Waals surface area contributed by atoms with E-state index in [1.807, 2.05) is 0 Å². The van der Waals surface area contributed by atoms with Gasteiger partial charge in [-0.25, -0.2) is 9.78 Å². The van der Waals surface area contributed by atoms with Gasteiger partial charge in [-0.3, -0.25) is 9.59 Å². The Labute approximate surface area is 211 Å². The van der Waals surface area contributed by atoms with Gasteiger partial charge in [-0.2, -0.15) is 0 Å². The number of aliphatic carboxylic acids is 1. The molecular weight excluding hydrogens is 475 g/mol. The van der Waals surface area contributed by atoms with Crippen LogP contribution in [0, 0.1) is 5.41 Å². The molecule has 0 bridgehead atoms. The van der Waals surface area contributed by atoms with Crippen molar-refractivity contribution in [1.29, 1.82) is 0 Å². The number of hydrogen-bond donors (Lipinski definition) is 4. The molecule has 6 N–H and O–H groups in total. The number of carboxylic acid groups (broad SMARTS) is 1. The molecule has 0 spiro atoms. The van der Waals surface area contributed by atoms with Crippen LogP contribution >= 0.6 is 23.1 Å². The van der Waals surface area contributed by atoms with Crippen molar-refractivity contribution in [3.63, 3.8) is 0 Å². The molecule has 2 saturated heterocycles. The molecule has 166 valence electrons. The molecule has 2 fully saturated rings. The Morgan fingerprint density at radius 3 is 2.78 bits per heavy atom. The maximum Gasteiger partial charge on any atom is 1.00 e. The number of nitrogen functional groups attached to an aromatic ring is 1. The summed E-state index contributed by atoms with van der Waals surface area (Å²) in [7, 11) is 0. The summed E-state index contributed by atoms with van der Waals surface area (Å²) in [6.45, 7) is -0.412. The van der Waals surface area contributed by atoms with Crippen molar-refractivity contribution in [3.8, 4) is 0 Å². The fourth-order valence-corrected chi connectivity index (χ4v) is 5.17. The zero-order valence-electron chi connectivity index (χ0n) is 16.7. The van der Waals surface area contributed by atoms with Crippen molar-refractivity contribution in [2.24, 2.45) is 16.3 Å². The number of anilines is 1. The summed E-state index contributed by atoms with van der Waals surface area (Å²) < 4.78 is 4.53. The first kappa shape index (κ1) is 25.9. The molecule has 3 atom stereocenters. The van der Waals surface area contributed by atoms with Gasteiger partial charge < -0.3 is 41.5 Å². The first-order valence-electron chi connectivity index (χ1n) is 8.66. The predicted octanol–water partition coefficient (Wildman–Crippen LogP) is -5.30. The van der Waals surface area contributed by atoms with Crippen LogP contribution in [0.15, 0.2) is 22.7 Å². The Bertz CT molecular complexity index is 986. The number of nitrogens with zero attached hydrogens (tertiary/aromatic N) is 3. The minimum Gasteiger partial charge on any atom is -0.549 e. The summed E-state index contributed by atoms with van der Waals surface area (Å²) in [4.78, 5) is 52.5. The van der Waals surface area contributed by atoms with Crippen molar-refractivity contribution < 1.29 is 63.8 Å². The normalized spacial score (nSPS) is 24.8. The summed E-state index contributed by atoms with van der Waals surface area (Å²) in [5, 5.41) is 27.4. The number of carboxylic acids is 1. The summed E-state index contributed by atoms with van der Waals surface area (Å²) in [6, 6.07) is -0.938. The van der Waals surface area contributed by atoms with E-state index in [1.165, 1.54) is 22.4 Å². The molecule has 3 heterocycles. The Morgan fingerprint density at radius 2 is 2.22 bits per heavy atom. The molecule has 0 saturated carbocycles. The number of fused-ring (bicyclic) bond motifs is 1. The number of thioether (sulfide) groups is 1. The quantitative estimate of drug-likeness (QED) is 0.0708. The summed E-state index contributed by atoms with van der Waals surface area (Å²) in [6.07, 6.45) is 1.61. The molecular formula is C16H17N6NaO7S2. The Kier molecular flexibility index (Phi) is 8.53. The van der Waals surface area contributed by atoms with Crippen LogP contribution in [-0.2, 0) is 19.1 Å². The number of nitrogens with two attached hydrogens (primary N) is 2. The van der Waals surface area contributed by atoms with E-state index in [2.05, 4.69) is 20.2 Å². The molecule has 2 unspecified atom stereocenters. The topological polar surface area (TPSA) is 213 Å². The maximum absolute atomic E-state index is 12.6. The molecule has 2 aliphatic rings. The Morgan fingerprint density at radius 1 is 1.50 bits per heavy atom. The van der Waals surface area contributed by atoms with Crippen LogP contribution in [-0.4, -0.2) is 75.0 Å².